The Morgan fingerprint density at radius 2 is 2.06 bits per heavy atom. The summed E-state index contributed by atoms with van der Waals surface area (Å²) >= 11 is 0. The van der Waals surface area contributed by atoms with Gasteiger partial charge >= 0.3 is 6.09 Å². The third-order valence-electron chi connectivity index (χ3n) is 2.04. The zero-order valence-electron chi connectivity index (χ0n) is 10.6. The van der Waals surface area contributed by atoms with Gasteiger partial charge in [0.25, 0.3) is 0 Å². The van der Waals surface area contributed by atoms with Crippen LogP contribution in [0.15, 0.2) is 18.2 Å². The number of carbonyl (C=O) groups excluding carboxylic acids is 1. The lowest BCUT2D eigenvalue weighted by atomic mass is 10.1. The number of terminal acetylenes is 1. The fourth-order valence-electron chi connectivity index (χ4n) is 1.26. The molecule has 0 fully saturated rings. The van der Waals surface area contributed by atoms with E-state index < -0.39 is 11.7 Å². The topological polar surface area (TPSA) is 38.3 Å². The van der Waals surface area contributed by atoms with Crippen molar-refractivity contribution in [3.05, 3.63) is 29.3 Å². The van der Waals surface area contributed by atoms with Gasteiger partial charge in [-0.15, -0.1) is 6.42 Å². The summed E-state index contributed by atoms with van der Waals surface area (Å²) in [6.45, 7) is 7.35. The second-order valence-electron chi connectivity index (χ2n) is 4.80. The fraction of sp³-hybridized carbons (Fsp3) is 0.357. The number of rotatable bonds is 1. The van der Waals surface area contributed by atoms with E-state index in [1.165, 1.54) is 0 Å². The number of carbonyl (C=O) groups is 1. The Morgan fingerprint density at radius 1 is 1.41 bits per heavy atom. The lowest BCUT2D eigenvalue weighted by Crippen LogP contribution is -2.27. The van der Waals surface area contributed by atoms with Gasteiger partial charge < -0.3 is 4.74 Å². The molecular weight excluding hydrogens is 214 g/mol. The summed E-state index contributed by atoms with van der Waals surface area (Å²) < 4.78 is 5.17. The van der Waals surface area contributed by atoms with E-state index in [4.69, 9.17) is 11.2 Å². The molecule has 1 aromatic carbocycles. The Balaban J connectivity index is 2.82. The molecule has 0 aliphatic rings. The molecule has 1 N–H and O–H groups in total. The van der Waals surface area contributed by atoms with Gasteiger partial charge in [-0.2, -0.15) is 0 Å². The van der Waals surface area contributed by atoms with Crippen LogP contribution in [0.2, 0.25) is 0 Å². The monoisotopic (exact) mass is 231 g/mol. The van der Waals surface area contributed by atoms with Crippen molar-refractivity contribution in [2.24, 2.45) is 0 Å². The number of hydrogen-bond donors (Lipinski definition) is 1. The molecule has 17 heavy (non-hydrogen) atoms. The van der Waals surface area contributed by atoms with Gasteiger partial charge in [0.1, 0.15) is 5.60 Å². The van der Waals surface area contributed by atoms with Crippen LogP contribution in [0.4, 0.5) is 10.5 Å². The first-order valence-electron chi connectivity index (χ1n) is 5.39. The zero-order valence-corrected chi connectivity index (χ0v) is 10.6. The van der Waals surface area contributed by atoms with Crippen molar-refractivity contribution in [3.63, 3.8) is 0 Å². The van der Waals surface area contributed by atoms with Crippen LogP contribution in [0.25, 0.3) is 0 Å². The van der Waals surface area contributed by atoms with Gasteiger partial charge in [-0.05, 0) is 45.4 Å². The van der Waals surface area contributed by atoms with E-state index in [9.17, 15) is 4.79 Å². The highest BCUT2D eigenvalue weighted by atomic mass is 16.6. The van der Waals surface area contributed by atoms with E-state index >= 15 is 0 Å². The van der Waals surface area contributed by atoms with Crippen LogP contribution in [0.5, 0.6) is 0 Å². The average Bonchev–Trinajstić information content (AvgIpc) is 2.18. The van der Waals surface area contributed by atoms with Crippen LogP contribution in [0.3, 0.4) is 0 Å². The average molecular weight is 231 g/mol. The number of ether oxygens (including phenoxy) is 1. The molecule has 1 rings (SSSR count). The summed E-state index contributed by atoms with van der Waals surface area (Å²) in [6, 6.07) is 5.44. The van der Waals surface area contributed by atoms with E-state index in [1.807, 2.05) is 39.8 Å². The normalized spacial score (nSPS) is 10.5. The number of hydrogen-bond acceptors (Lipinski definition) is 2. The molecule has 0 aromatic heterocycles. The van der Waals surface area contributed by atoms with Crippen molar-refractivity contribution >= 4 is 11.8 Å². The Morgan fingerprint density at radius 3 is 2.59 bits per heavy atom. The van der Waals surface area contributed by atoms with E-state index in [0.29, 0.717) is 5.69 Å². The molecule has 1 amide bonds. The summed E-state index contributed by atoms with van der Waals surface area (Å²) in [5.74, 6) is 2.52. The van der Waals surface area contributed by atoms with Gasteiger partial charge in [0.05, 0.1) is 0 Å². The third kappa shape index (κ3) is 4.20. The van der Waals surface area contributed by atoms with Crippen molar-refractivity contribution < 1.29 is 9.53 Å². The van der Waals surface area contributed by atoms with E-state index in [-0.39, 0.29) is 0 Å². The molecule has 0 spiro atoms. The van der Waals surface area contributed by atoms with E-state index in [1.54, 1.807) is 6.07 Å². The minimum Gasteiger partial charge on any atom is -0.444 e. The lowest BCUT2D eigenvalue weighted by molar-refractivity contribution is 0.0636. The standard InChI is InChI=1S/C14H17NO2/c1-6-11-8-7-10(2)12(9-11)15-13(16)17-14(3,4)5/h1,7-9H,2-5H3,(H,15,16). The molecule has 0 saturated carbocycles. The molecule has 0 aliphatic heterocycles. The van der Waals surface area contributed by atoms with Gasteiger partial charge in [-0.1, -0.05) is 12.0 Å². The van der Waals surface area contributed by atoms with Gasteiger partial charge in [-0.25, -0.2) is 4.79 Å². The minimum absolute atomic E-state index is 0.477. The van der Waals surface area contributed by atoms with Crippen molar-refractivity contribution in [1.82, 2.24) is 0 Å². The first-order valence-corrected chi connectivity index (χ1v) is 5.39. The largest absolute Gasteiger partial charge is 0.444 e. The Kier molecular flexibility index (Phi) is 3.80. The quantitative estimate of drug-likeness (QED) is 0.753. The first kappa shape index (κ1) is 13.1. The zero-order chi connectivity index (χ0) is 13.1. The smallest absolute Gasteiger partial charge is 0.412 e. The second-order valence-corrected chi connectivity index (χ2v) is 4.80. The highest BCUT2D eigenvalue weighted by Crippen LogP contribution is 2.17. The van der Waals surface area contributed by atoms with Crippen LogP contribution >= 0.6 is 0 Å². The van der Waals surface area contributed by atoms with Gasteiger partial charge in [-0.3, -0.25) is 5.32 Å². The summed E-state index contributed by atoms with van der Waals surface area (Å²) in [4.78, 5) is 11.6. The SMILES string of the molecule is C#Cc1ccc(C)c(NC(=O)OC(C)(C)C)c1. The minimum atomic E-state index is -0.512. The molecular formula is C14H17NO2. The maximum absolute atomic E-state index is 11.6. The second kappa shape index (κ2) is 4.92. The highest BCUT2D eigenvalue weighted by Gasteiger charge is 2.16. The number of amides is 1. The van der Waals surface area contributed by atoms with Gasteiger partial charge in [0.2, 0.25) is 0 Å². The molecule has 0 radical (unpaired) electrons. The number of anilines is 1. The Bertz CT molecular complexity index is 464. The van der Waals surface area contributed by atoms with Crippen LogP contribution in [0.1, 0.15) is 31.9 Å². The first-order chi connectivity index (χ1) is 7.81. The lowest BCUT2D eigenvalue weighted by Gasteiger charge is -2.20. The summed E-state index contributed by atoms with van der Waals surface area (Å²) in [6.07, 6.45) is 4.83. The fourth-order valence-corrected chi connectivity index (χ4v) is 1.26. The van der Waals surface area contributed by atoms with Crippen molar-refractivity contribution in [1.29, 1.82) is 0 Å². The van der Waals surface area contributed by atoms with Gasteiger partial charge in [0.15, 0.2) is 0 Å². The third-order valence-corrected chi connectivity index (χ3v) is 2.04. The Hall–Kier alpha value is -1.95. The molecule has 3 heteroatoms. The molecule has 0 bridgehead atoms. The van der Waals surface area contributed by atoms with Crippen LogP contribution in [-0.4, -0.2) is 11.7 Å². The summed E-state index contributed by atoms with van der Waals surface area (Å²) in [5, 5.41) is 2.68. The van der Waals surface area contributed by atoms with Gasteiger partial charge in [0, 0.05) is 11.3 Å². The number of aryl methyl sites for hydroxylation is 1. The predicted octanol–water partition coefficient (Wildman–Crippen LogP) is 3.32. The maximum atomic E-state index is 11.6. The molecule has 90 valence electrons. The van der Waals surface area contributed by atoms with Crippen molar-refractivity contribution in [2.45, 2.75) is 33.3 Å². The molecule has 0 aliphatic carbocycles. The van der Waals surface area contributed by atoms with Crippen LogP contribution < -0.4 is 5.32 Å². The van der Waals surface area contributed by atoms with E-state index in [0.717, 1.165) is 11.1 Å². The molecule has 0 atom stereocenters. The molecule has 0 heterocycles. The summed E-state index contributed by atoms with van der Waals surface area (Å²) in [7, 11) is 0. The maximum Gasteiger partial charge on any atom is 0.412 e. The van der Waals surface area contributed by atoms with Crippen molar-refractivity contribution in [2.75, 3.05) is 5.32 Å². The number of nitrogens with one attached hydrogen (secondary N) is 1. The Labute approximate surface area is 102 Å². The van der Waals surface area contributed by atoms with Crippen molar-refractivity contribution in [3.8, 4) is 12.3 Å². The van der Waals surface area contributed by atoms with Crippen LogP contribution in [-0.2, 0) is 4.74 Å². The molecule has 3 nitrogen and oxygen atoms in total. The molecule has 0 saturated heterocycles. The van der Waals surface area contributed by atoms with Crippen LogP contribution in [0, 0.1) is 19.3 Å². The highest BCUT2D eigenvalue weighted by molar-refractivity contribution is 5.86. The predicted molar refractivity (Wildman–Crippen MR) is 69.0 cm³/mol. The van der Waals surface area contributed by atoms with E-state index in [2.05, 4.69) is 11.2 Å². The molecule has 0 unspecified atom stereocenters. The summed E-state index contributed by atoms with van der Waals surface area (Å²) in [5.41, 5.74) is 1.83. The molecule has 1 aromatic rings. The number of benzene rings is 1.